The standard InChI is InChI=1S/C23H29N3O3S/c27-22(19-8-4-10-26(16-19)23(28)21-9-5-13-30-21)24-14-20-17-25(11-12-29-20)15-18-6-2-1-3-7-18/h1-3,5-7,9,13,19-20H,4,8,10-12,14-17H2,(H,24,27). The first kappa shape index (κ1) is 21.0. The maximum absolute atomic E-state index is 12.8. The lowest BCUT2D eigenvalue weighted by atomic mass is 9.97. The van der Waals surface area contributed by atoms with Crippen molar-refractivity contribution in [2.24, 2.45) is 5.92 Å². The smallest absolute Gasteiger partial charge is 0.263 e. The Morgan fingerprint density at radius 1 is 1.10 bits per heavy atom. The molecule has 2 aromatic rings. The van der Waals surface area contributed by atoms with Crippen LogP contribution in [0.3, 0.4) is 0 Å². The van der Waals surface area contributed by atoms with Crippen LogP contribution in [-0.4, -0.2) is 67.0 Å². The Morgan fingerprint density at radius 3 is 2.77 bits per heavy atom. The predicted molar refractivity (Wildman–Crippen MR) is 117 cm³/mol. The fourth-order valence-electron chi connectivity index (χ4n) is 4.18. The van der Waals surface area contributed by atoms with E-state index < -0.39 is 0 Å². The molecule has 1 aromatic carbocycles. The highest BCUT2D eigenvalue weighted by Crippen LogP contribution is 2.21. The van der Waals surface area contributed by atoms with Crippen LogP contribution in [0.1, 0.15) is 28.1 Å². The summed E-state index contributed by atoms with van der Waals surface area (Å²) in [7, 11) is 0. The van der Waals surface area contributed by atoms with E-state index in [4.69, 9.17) is 4.74 Å². The molecule has 2 amide bonds. The van der Waals surface area contributed by atoms with E-state index in [9.17, 15) is 9.59 Å². The molecule has 7 heteroatoms. The number of nitrogens with one attached hydrogen (secondary N) is 1. The number of morpholine rings is 1. The molecule has 4 rings (SSSR count). The number of carbonyl (C=O) groups excluding carboxylic acids is 2. The second-order valence-electron chi connectivity index (χ2n) is 8.03. The molecule has 1 N–H and O–H groups in total. The first-order valence-electron chi connectivity index (χ1n) is 10.7. The Bertz CT molecular complexity index is 827. The molecule has 0 bridgehead atoms. The van der Waals surface area contributed by atoms with Gasteiger partial charge in [0.05, 0.1) is 23.5 Å². The van der Waals surface area contributed by atoms with Crippen LogP contribution in [0.2, 0.25) is 0 Å². The minimum atomic E-state index is -0.147. The molecule has 30 heavy (non-hydrogen) atoms. The van der Waals surface area contributed by atoms with Crippen molar-refractivity contribution in [2.45, 2.75) is 25.5 Å². The van der Waals surface area contributed by atoms with E-state index >= 15 is 0 Å². The normalized spacial score (nSPS) is 22.6. The highest BCUT2D eigenvalue weighted by Gasteiger charge is 2.30. The Balaban J connectivity index is 1.24. The summed E-state index contributed by atoms with van der Waals surface area (Å²) >= 11 is 1.45. The van der Waals surface area contributed by atoms with E-state index in [1.807, 2.05) is 28.5 Å². The third-order valence-electron chi connectivity index (χ3n) is 5.79. The minimum absolute atomic E-state index is 0.00106. The molecule has 0 saturated carbocycles. The Kier molecular flexibility index (Phi) is 7.15. The number of piperidine rings is 1. The van der Waals surface area contributed by atoms with Crippen LogP contribution >= 0.6 is 11.3 Å². The second-order valence-corrected chi connectivity index (χ2v) is 8.97. The van der Waals surface area contributed by atoms with Gasteiger partial charge in [-0.25, -0.2) is 0 Å². The molecule has 2 aliphatic rings. The monoisotopic (exact) mass is 427 g/mol. The quantitative estimate of drug-likeness (QED) is 0.770. The molecule has 3 heterocycles. The second kappa shape index (κ2) is 10.2. The van der Waals surface area contributed by atoms with E-state index in [0.717, 1.165) is 43.9 Å². The molecule has 2 atom stereocenters. The molecule has 160 valence electrons. The lowest BCUT2D eigenvalue weighted by Gasteiger charge is -2.34. The molecule has 0 aliphatic carbocycles. The van der Waals surface area contributed by atoms with Crippen molar-refractivity contribution >= 4 is 23.2 Å². The number of benzene rings is 1. The van der Waals surface area contributed by atoms with E-state index in [0.29, 0.717) is 19.7 Å². The molecule has 2 saturated heterocycles. The van der Waals surface area contributed by atoms with Crippen molar-refractivity contribution in [3.05, 3.63) is 58.3 Å². The molecule has 2 aliphatic heterocycles. The van der Waals surface area contributed by atoms with Crippen LogP contribution in [0, 0.1) is 5.92 Å². The summed E-state index contributed by atoms with van der Waals surface area (Å²) in [6, 6.07) is 14.2. The van der Waals surface area contributed by atoms with Crippen LogP contribution in [-0.2, 0) is 16.1 Å². The summed E-state index contributed by atoms with van der Waals surface area (Å²) in [5, 5.41) is 4.98. The average molecular weight is 428 g/mol. The average Bonchev–Trinajstić information content (AvgIpc) is 3.33. The van der Waals surface area contributed by atoms with Crippen molar-refractivity contribution in [1.82, 2.24) is 15.1 Å². The predicted octanol–water partition coefficient (Wildman–Crippen LogP) is 2.62. The first-order valence-corrected chi connectivity index (χ1v) is 11.6. The van der Waals surface area contributed by atoms with E-state index in [-0.39, 0.29) is 23.8 Å². The van der Waals surface area contributed by atoms with Gasteiger partial charge in [0.15, 0.2) is 0 Å². The molecule has 0 radical (unpaired) electrons. The van der Waals surface area contributed by atoms with Gasteiger partial charge in [0.25, 0.3) is 5.91 Å². The SMILES string of the molecule is O=C(NCC1CN(Cc2ccccc2)CCO1)C1CCCN(C(=O)c2cccs2)C1. The summed E-state index contributed by atoms with van der Waals surface area (Å²) in [5.74, 6) is -0.0798. The van der Waals surface area contributed by atoms with Gasteiger partial charge in [0.1, 0.15) is 0 Å². The first-order chi connectivity index (χ1) is 14.7. The van der Waals surface area contributed by atoms with Gasteiger partial charge < -0.3 is 15.0 Å². The van der Waals surface area contributed by atoms with Crippen LogP contribution in [0.15, 0.2) is 47.8 Å². The summed E-state index contributed by atoms with van der Waals surface area (Å²) in [6.07, 6.45) is 1.69. The maximum Gasteiger partial charge on any atom is 0.263 e. The minimum Gasteiger partial charge on any atom is -0.374 e. The molecular weight excluding hydrogens is 398 g/mol. The number of hydrogen-bond acceptors (Lipinski definition) is 5. The van der Waals surface area contributed by atoms with Gasteiger partial charge in [-0.1, -0.05) is 36.4 Å². The van der Waals surface area contributed by atoms with Gasteiger partial charge in [-0.15, -0.1) is 11.3 Å². The molecule has 1 aromatic heterocycles. The van der Waals surface area contributed by atoms with Crippen molar-refractivity contribution in [1.29, 1.82) is 0 Å². The van der Waals surface area contributed by atoms with Crippen LogP contribution in [0.5, 0.6) is 0 Å². The van der Waals surface area contributed by atoms with Crippen molar-refractivity contribution in [3.8, 4) is 0 Å². The van der Waals surface area contributed by atoms with Crippen molar-refractivity contribution in [2.75, 3.05) is 39.3 Å². The lowest BCUT2D eigenvalue weighted by molar-refractivity contribution is -0.127. The molecule has 6 nitrogen and oxygen atoms in total. The number of carbonyl (C=O) groups is 2. The molecule has 0 spiro atoms. The topological polar surface area (TPSA) is 61.9 Å². The van der Waals surface area contributed by atoms with Gasteiger partial charge in [-0.3, -0.25) is 14.5 Å². The zero-order valence-electron chi connectivity index (χ0n) is 17.2. The summed E-state index contributed by atoms with van der Waals surface area (Å²) in [4.78, 5) is 30.3. The molecule has 2 fully saturated rings. The zero-order valence-corrected chi connectivity index (χ0v) is 18.0. The number of amides is 2. The van der Waals surface area contributed by atoms with Crippen LogP contribution < -0.4 is 5.32 Å². The largest absolute Gasteiger partial charge is 0.374 e. The molecular formula is C23H29N3O3S. The van der Waals surface area contributed by atoms with Gasteiger partial charge in [-0.2, -0.15) is 0 Å². The summed E-state index contributed by atoms with van der Waals surface area (Å²) < 4.78 is 5.87. The third kappa shape index (κ3) is 5.47. The number of likely N-dealkylation sites (tertiary alicyclic amines) is 1. The fourth-order valence-corrected chi connectivity index (χ4v) is 4.87. The summed E-state index contributed by atoms with van der Waals surface area (Å²) in [5.41, 5.74) is 1.29. The number of ether oxygens (including phenoxy) is 1. The van der Waals surface area contributed by atoms with Gasteiger partial charge in [0, 0.05) is 39.3 Å². The molecule has 2 unspecified atom stereocenters. The van der Waals surface area contributed by atoms with Gasteiger partial charge >= 0.3 is 0 Å². The fraction of sp³-hybridized carbons (Fsp3) is 0.478. The Morgan fingerprint density at radius 2 is 1.97 bits per heavy atom. The number of hydrogen-bond donors (Lipinski definition) is 1. The number of thiophene rings is 1. The van der Waals surface area contributed by atoms with Crippen LogP contribution in [0.25, 0.3) is 0 Å². The van der Waals surface area contributed by atoms with Gasteiger partial charge in [-0.05, 0) is 29.9 Å². The highest BCUT2D eigenvalue weighted by atomic mass is 32.1. The number of nitrogens with zero attached hydrogens (tertiary/aromatic N) is 2. The van der Waals surface area contributed by atoms with Crippen molar-refractivity contribution < 1.29 is 14.3 Å². The van der Waals surface area contributed by atoms with Crippen LogP contribution in [0.4, 0.5) is 0 Å². The Hall–Kier alpha value is -2.22. The maximum atomic E-state index is 12.8. The number of rotatable bonds is 6. The van der Waals surface area contributed by atoms with E-state index in [1.165, 1.54) is 16.9 Å². The highest BCUT2D eigenvalue weighted by molar-refractivity contribution is 7.12. The summed E-state index contributed by atoms with van der Waals surface area (Å²) in [6.45, 7) is 5.02. The van der Waals surface area contributed by atoms with Crippen molar-refractivity contribution in [3.63, 3.8) is 0 Å². The lowest BCUT2D eigenvalue weighted by Crippen LogP contribution is -2.50. The van der Waals surface area contributed by atoms with Gasteiger partial charge in [0.2, 0.25) is 5.91 Å². The van der Waals surface area contributed by atoms with E-state index in [1.54, 1.807) is 0 Å². The Labute approximate surface area is 181 Å². The zero-order chi connectivity index (χ0) is 20.8. The third-order valence-corrected chi connectivity index (χ3v) is 6.65. The van der Waals surface area contributed by atoms with E-state index in [2.05, 4.69) is 34.5 Å².